The summed E-state index contributed by atoms with van der Waals surface area (Å²) >= 11 is 0. The molecule has 3 nitrogen and oxygen atoms in total. The van der Waals surface area contributed by atoms with Gasteiger partial charge in [-0.3, -0.25) is 4.90 Å². The van der Waals surface area contributed by atoms with Gasteiger partial charge in [-0.15, -0.1) is 0 Å². The van der Waals surface area contributed by atoms with Gasteiger partial charge >= 0.3 is 0 Å². The van der Waals surface area contributed by atoms with Gasteiger partial charge in [-0.25, -0.2) is 0 Å². The maximum atomic E-state index is 5.81. The van der Waals surface area contributed by atoms with Gasteiger partial charge in [0.2, 0.25) is 0 Å². The molecule has 0 amide bonds. The summed E-state index contributed by atoms with van der Waals surface area (Å²) in [6, 6.07) is 1.47. The SMILES string of the molecule is CC1CCNC(C2CCCCC2)CN1CCC1CCCO1. The minimum atomic E-state index is 0.543. The number of rotatable bonds is 4. The highest BCUT2D eigenvalue weighted by molar-refractivity contribution is 4.87. The Morgan fingerprint density at radius 3 is 2.67 bits per heavy atom. The first kappa shape index (κ1) is 15.8. The standard InChI is InChI=1S/C18H34N2O/c1-15-9-11-19-18(16-6-3-2-4-7-16)14-20(15)12-10-17-8-5-13-21-17/h15-19H,2-14H2,1H3. The maximum absolute atomic E-state index is 5.81. The van der Waals surface area contributed by atoms with Gasteiger partial charge in [-0.05, 0) is 57.9 Å². The third-order valence-electron chi connectivity index (χ3n) is 6.00. The van der Waals surface area contributed by atoms with Crippen molar-refractivity contribution in [3.05, 3.63) is 0 Å². The quantitative estimate of drug-likeness (QED) is 0.862. The Morgan fingerprint density at radius 1 is 1.05 bits per heavy atom. The van der Waals surface area contributed by atoms with Crippen LogP contribution in [0.5, 0.6) is 0 Å². The fourth-order valence-corrected chi connectivity index (χ4v) is 4.50. The molecule has 2 aliphatic heterocycles. The molecule has 3 aliphatic rings. The summed E-state index contributed by atoms with van der Waals surface area (Å²) in [6.07, 6.45) is 12.9. The van der Waals surface area contributed by atoms with E-state index in [1.165, 1.54) is 77.4 Å². The Hall–Kier alpha value is -0.120. The van der Waals surface area contributed by atoms with Gasteiger partial charge in [-0.1, -0.05) is 19.3 Å². The molecule has 0 spiro atoms. The van der Waals surface area contributed by atoms with Crippen molar-refractivity contribution in [2.75, 3.05) is 26.2 Å². The monoisotopic (exact) mass is 294 g/mol. The van der Waals surface area contributed by atoms with Gasteiger partial charge < -0.3 is 10.1 Å². The van der Waals surface area contributed by atoms with Crippen LogP contribution in [0.4, 0.5) is 0 Å². The van der Waals surface area contributed by atoms with E-state index in [0.29, 0.717) is 6.10 Å². The summed E-state index contributed by atoms with van der Waals surface area (Å²) in [5.41, 5.74) is 0. The van der Waals surface area contributed by atoms with Gasteiger partial charge in [0, 0.05) is 31.8 Å². The highest BCUT2D eigenvalue weighted by atomic mass is 16.5. The Bertz CT molecular complexity index is 298. The number of ether oxygens (including phenoxy) is 1. The van der Waals surface area contributed by atoms with Crippen molar-refractivity contribution in [2.45, 2.75) is 82.9 Å². The molecule has 1 aliphatic carbocycles. The largest absolute Gasteiger partial charge is 0.378 e. The van der Waals surface area contributed by atoms with E-state index in [4.69, 9.17) is 4.74 Å². The molecular formula is C18H34N2O. The summed E-state index contributed by atoms with van der Waals surface area (Å²) < 4.78 is 5.81. The van der Waals surface area contributed by atoms with Crippen molar-refractivity contribution in [2.24, 2.45) is 5.92 Å². The van der Waals surface area contributed by atoms with Crippen molar-refractivity contribution < 1.29 is 4.74 Å². The summed E-state index contributed by atoms with van der Waals surface area (Å²) in [4.78, 5) is 2.75. The molecule has 1 N–H and O–H groups in total. The van der Waals surface area contributed by atoms with Gasteiger partial charge in [-0.2, -0.15) is 0 Å². The lowest BCUT2D eigenvalue weighted by atomic mass is 9.83. The first-order valence-corrected chi connectivity index (χ1v) is 9.42. The molecule has 0 radical (unpaired) electrons. The molecule has 3 fully saturated rings. The first-order chi connectivity index (χ1) is 10.3. The molecule has 3 heteroatoms. The number of hydrogen-bond acceptors (Lipinski definition) is 3. The lowest BCUT2D eigenvalue weighted by Crippen LogP contribution is -2.45. The van der Waals surface area contributed by atoms with Crippen LogP contribution in [-0.2, 0) is 4.74 Å². The molecule has 3 atom stereocenters. The van der Waals surface area contributed by atoms with Crippen LogP contribution in [0.3, 0.4) is 0 Å². The smallest absolute Gasteiger partial charge is 0.0588 e. The fraction of sp³-hybridized carbons (Fsp3) is 1.00. The average Bonchev–Trinajstić information content (AvgIpc) is 2.97. The van der Waals surface area contributed by atoms with Gasteiger partial charge in [0.25, 0.3) is 0 Å². The van der Waals surface area contributed by atoms with Crippen LogP contribution in [0.15, 0.2) is 0 Å². The second kappa shape index (κ2) is 7.94. The van der Waals surface area contributed by atoms with E-state index in [1.54, 1.807) is 0 Å². The lowest BCUT2D eigenvalue weighted by Gasteiger charge is -2.34. The molecule has 1 saturated carbocycles. The van der Waals surface area contributed by atoms with Crippen LogP contribution in [0.25, 0.3) is 0 Å². The molecule has 3 unspecified atom stereocenters. The van der Waals surface area contributed by atoms with Crippen molar-refractivity contribution in [1.29, 1.82) is 0 Å². The van der Waals surface area contributed by atoms with Gasteiger partial charge in [0.05, 0.1) is 6.10 Å². The second-order valence-electron chi connectivity index (χ2n) is 7.52. The highest BCUT2D eigenvalue weighted by Gasteiger charge is 2.29. The minimum Gasteiger partial charge on any atom is -0.378 e. The van der Waals surface area contributed by atoms with Crippen molar-refractivity contribution in [3.63, 3.8) is 0 Å². The van der Waals surface area contributed by atoms with E-state index < -0.39 is 0 Å². The zero-order valence-electron chi connectivity index (χ0n) is 13.9. The Balaban J connectivity index is 1.52. The molecule has 0 aromatic rings. The predicted molar refractivity (Wildman–Crippen MR) is 87.6 cm³/mol. The summed E-state index contributed by atoms with van der Waals surface area (Å²) in [7, 11) is 0. The number of nitrogens with zero attached hydrogens (tertiary/aromatic N) is 1. The summed E-state index contributed by atoms with van der Waals surface area (Å²) in [5.74, 6) is 0.925. The molecule has 0 bridgehead atoms. The van der Waals surface area contributed by atoms with E-state index in [9.17, 15) is 0 Å². The average molecular weight is 294 g/mol. The normalized spacial score (nSPS) is 36.7. The maximum Gasteiger partial charge on any atom is 0.0588 e. The number of hydrogen-bond donors (Lipinski definition) is 1. The number of nitrogens with one attached hydrogen (secondary N) is 1. The van der Waals surface area contributed by atoms with Crippen LogP contribution in [0.2, 0.25) is 0 Å². The highest BCUT2D eigenvalue weighted by Crippen LogP contribution is 2.28. The van der Waals surface area contributed by atoms with Crippen LogP contribution < -0.4 is 5.32 Å². The van der Waals surface area contributed by atoms with Crippen molar-refractivity contribution in [1.82, 2.24) is 10.2 Å². The molecule has 3 rings (SSSR count). The van der Waals surface area contributed by atoms with Crippen LogP contribution in [-0.4, -0.2) is 49.3 Å². The van der Waals surface area contributed by atoms with E-state index >= 15 is 0 Å². The lowest BCUT2D eigenvalue weighted by molar-refractivity contribution is 0.0826. The van der Waals surface area contributed by atoms with E-state index in [-0.39, 0.29) is 0 Å². The van der Waals surface area contributed by atoms with Gasteiger partial charge in [0.15, 0.2) is 0 Å². The van der Waals surface area contributed by atoms with Crippen molar-refractivity contribution in [3.8, 4) is 0 Å². The summed E-state index contributed by atoms with van der Waals surface area (Å²) in [5, 5.41) is 3.87. The first-order valence-electron chi connectivity index (χ1n) is 9.42. The molecule has 0 aromatic heterocycles. The third-order valence-corrected chi connectivity index (χ3v) is 6.00. The molecule has 0 aromatic carbocycles. The molecule has 21 heavy (non-hydrogen) atoms. The Kier molecular flexibility index (Phi) is 5.96. The van der Waals surface area contributed by atoms with E-state index in [0.717, 1.165) is 24.6 Å². The zero-order valence-corrected chi connectivity index (χ0v) is 13.9. The molecule has 2 saturated heterocycles. The van der Waals surface area contributed by atoms with Crippen molar-refractivity contribution >= 4 is 0 Å². The topological polar surface area (TPSA) is 24.5 Å². The van der Waals surface area contributed by atoms with Crippen LogP contribution >= 0.6 is 0 Å². The predicted octanol–water partition coefficient (Wildman–Crippen LogP) is 3.19. The third kappa shape index (κ3) is 4.43. The fourth-order valence-electron chi connectivity index (χ4n) is 4.50. The summed E-state index contributed by atoms with van der Waals surface area (Å²) in [6.45, 7) is 7.11. The molecular weight excluding hydrogens is 260 g/mol. The van der Waals surface area contributed by atoms with Crippen LogP contribution in [0.1, 0.15) is 64.7 Å². The van der Waals surface area contributed by atoms with E-state index in [2.05, 4.69) is 17.1 Å². The second-order valence-corrected chi connectivity index (χ2v) is 7.52. The molecule has 122 valence electrons. The Labute approximate surface area is 130 Å². The minimum absolute atomic E-state index is 0.543. The van der Waals surface area contributed by atoms with E-state index in [1.807, 2.05) is 0 Å². The van der Waals surface area contributed by atoms with Gasteiger partial charge in [0.1, 0.15) is 0 Å². The zero-order chi connectivity index (χ0) is 14.5. The Morgan fingerprint density at radius 2 is 1.90 bits per heavy atom. The van der Waals surface area contributed by atoms with Crippen LogP contribution in [0, 0.1) is 5.92 Å². The molecule has 2 heterocycles.